The van der Waals surface area contributed by atoms with Gasteiger partial charge < -0.3 is 5.32 Å². The van der Waals surface area contributed by atoms with Crippen molar-refractivity contribution in [2.45, 2.75) is 71.3 Å². The highest BCUT2D eigenvalue weighted by Crippen LogP contribution is 2.64. The Bertz CT molecular complexity index is 1810. The van der Waals surface area contributed by atoms with Crippen molar-refractivity contribution in [1.82, 2.24) is 15.0 Å². The van der Waals surface area contributed by atoms with Crippen LogP contribution in [0.15, 0.2) is 48.5 Å². The predicted octanol–water partition coefficient (Wildman–Crippen LogP) is 7.36. The summed E-state index contributed by atoms with van der Waals surface area (Å²) in [6, 6.07) is 8.32. The molecule has 0 aliphatic heterocycles. The minimum Gasteiger partial charge on any atom is -0.346 e. The summed E-state index contributed by atoms with van der Waals surface area (Å²) in [6.45, 7) is 7.72. The Morgan fingerprint density at radius 1 is 0.915 bits per heavy atom. The average molecular weight is 684 g/mol. The lowest BCUT2D eigenvalue weighted by molar-refractivity contribution is -0.164. The molecule has 3 aliphatic rings. The van der Waals surface area contributed by atoms with Crippen LogP contribution in [0.1, 0.15) is 74.9 Å². The molecule has 1 aromatic heterocycles. The van der Waals surface area contributed by atoms with Gasteiger partial charge in [0, 0.05) is 16.5 Å². The standard InChI is InChI=1S/C33H35F6N3O4S/c1-5-6-11-47(45,46)42-29(44)24-16-21-17-27(30(21,2)3)31(24,4)41-28(43)19-8-10-25-18(12-19)7-9-26(40-25)20-13-22(32(34,35)36)15-23(14-20)33(37,38)39/h7-10,12-15,21,24,27H,5-6,11,16-17H2,1-4H3,(H,41,43)(H,42,44)/t21?,24-,27?,31+/m0/s1. The van der Waals surface area contributed by atoms with Gasteiger partial charge in [-0.25, -0.2) is 13.4 Å². The fourth-order valence-electron chi connectivity index (χ4n) is 7.22. The lowest BCUT2D eigenvalue weighted by Crippen LogP contribution is -2.72. The zero-order chi connectivity index (χ0) is 34.7. The van der Waals surface area contributed by atoms with Gasteiger partial charge in [0.05, 0.1) is 39.5 Å². The summed E-state index contributed by atoms with van der Waals surface area (Å²) in [5.74, 6) is -2.12. The molecule has 7 nitrogen and oxygen atoms in total. The van der Waals surface area contributed by atoms with Crippen LogP contribution in [0.4, 0.5) is 26.3 Å². The van der Waals surface area contributed by atoms with Crippen LogP contribution in [0.3, 0.4) is 0 Å². The maximum atomic E-state index is 13.7. The van der Waals surface area contributed by atoms with Gasteiger partial charge in [0.2, 0.25) is 15.9 Å². The highest BCUT2D eigenvalue weighted by molar-refractivity contribution is 7.90. The number of rotatable bonds is 8. The molecule has 4 atom stereocenters. The molecule has 3 aliphatic carbocycles. The van der Waals surface area contributed by atoms with E-state index in [4.69, 9.17) is 0 Å². The number of benzene rings is 2. The normalized spacial score (nSPS) is 24.0. The van der Waals surface area contributed by atoms with Gasteiger partial charge in [-0.3, -0.25) is 14.3 Å². The van der Waals surface area contributed by atoms with E-state index >= 15 is 0 Å². The molecule has 0 radical (unpaired) electrons. The number of nitrogens with one attached hydrogen (secondary N) is 2. The van der Waals surface area contributed by atoms with Gasteiger partial charge in [-0.15, -0.1) is 0 Å². The molecule has 0 saturated heterocycles. The van der Waals surface area contributed by atoms with Gasteiger partial charge in [0.25, 0.3) is 5.91 Å². The van der Waals surface area contributed by atoms with Crippen molar-refractivity contribution in [1.29, 1.82) is 0 Å². The van der Waals surface area contributed by atoms with E-state index in [0.29, 0.717) is 36.8 Å². The van der Waals surface area contributed by atoms with Gasteiger partial charge >= 0.3 is 12.4 Å². The van der Waals surface area contributed by atoms with Crippen molar-refractivity contribution in [2.24, 2.45) is 23.2 Å². The number of nitrogens with zero attached hydrogens (tertiary/aromatic N) is 1. The van der Waals surface area contributed by atoms with E-state index in [-0.39, 0.29) is 51.4 Å². The molecule has 3 fully saturated rings. The van der Waals surface area contributed by atoms with Gasteiger partial charge in [-0.2, -0.15) is 26.3 Å². The number of unbranched alkanes of at least 4 members (excludes halogenated alkanes) is 1. The van der Waals surface area contributed by atoms with Gasteiger partial charge in [0.1, 0.15) is 0 Å². The Balaban J connectivity index is 1.43. The molecule has 6 rings (SSSR count). The molecule has 0 spiro atoms. The Hall–Kier alpha value is -3.68. The Morgan fingerprint density at radius 3 is 2.13 bits per heavy atom. The molecule has 254 valence electrons. The maximum absolute atomic E-state index is 13.7. The Labute approximate surface area is 268 Å². The molecular weight excluding hydrogens is 648 g/mol. The number of pyridine rings is 1. The van der Waals surface area contributed by atoms with Crippen molar-refractivity contribution < 1.29 is 44.3 Å². The summed E-state index contributed by atoms with van der Waals surface area (Å²) in [4.78, 5) is 31.3. The molecule has 3 saturated carbocycles. The minimum absolute atomic E-state index is 0.0483. The molecular formula is C33H35F6N3O4S. The topological polar surface area (TPSA) is 105 Å². The highest BCUT2D eigenvalue weighted by atomic mass is 32.2. The van der Waals surface area contributed by atoms with Crippen molar-refractivity contribution in [3.8, 4) is 11.3 Å². The van der Waals surface area contributed by atoms with E-state index in [1.807, 2.05) is 6.92 Å². The second-order valence-corrected chi connectivity index (χ2v) is 15.2. The largest absolute Gasteiger partial charge is 0.416 e. The van der Waals surface area contributed by atoms with Crippen LogP contribution in [-0.4, -0.2) is 36.5 Å². The van der Waals surface area contributed by atoms with Crippen LogP contribution in [-0.2, 0) is 27.2 Å². The van der Waals surface area contributed by atoms with Gasteiger partial charge in [0.15, 0.2) is 0 Å². The first-order valence-electron chi connectivity index (χ1n) is 15.2. The van der Waals surface area contributed by atoms with Crippen LogP contribution >= 0.6 is 0 Å². The number of carbonyl (C=O) groups is 2. The third-order valence-corrected chi connectivity index (χ3v) is 11.3. The number of sulfonamides is 1. The number of fused-ring (bicyclic) bond motifs is 3. The number of amides is 2. The van der Waals surface area contributed by atoms with Gasteiger partial charge in [-0.1, -0.05) is 33.3 Å². The smallest absolute Gasteiger partial charge is 0.346 e. The Morgan fingerprint density at radius 2 is 1.55 bits per heavy atom. The molecule has 2 unspecified atom stereocenters. The summed E-state index contributed by atoms with van der Waals surface area (Å²) < 4.78 is 108. The molecule has 2 amide bonds. The van der Waals surface area contributed by atoms with E-state index < -0.39 is 56.8 Å². The van der Waals surface area contributed by atoms with Crippen molar-refractivity contribution >= 4 is 32.7 Å². The number of aromatic nitrogens is 1. The second kappa shape index (κ2) is 11.8. The molecule has 3 aromatic rings. The van der Waals surface area contributed by atoms with E-state index in [2.05, 4.69) is 28.9 Å². The van der Waals surface area contributed by atoms with Crippen LogP contribution in [0.25, 0.3) is 22.2 Å². The summed E-state index contributed by atoms with van der Waals surface area (Å²) in [5.41, 5.74) is -4.30. The number of halogens is 6. The minimum atomic E-state index is -5.01. The first-order valence-corrected chi connectivity index (χ1v) is 16.9. The fraction of sp³-hybridized carbons (Fsp3) is 0.485. The summed E-state index contributed by atoms with van der Waals surface area (Å²) in [5, 5.41) is 3.43. The van der Waals surface area contributed by atoms with Crippen molar-refractivity contribution in [3.05, 3.63) is 65.2 Å². The first-order chi connectivity index (χ1) is 21.7. The number of alkyl halides is 6. The zero-order valence-corrected chi connectivity index (χ0v) is 27.0. The van der Waals surface area contributed by atoms with Crippen LogP contribution in [0.2, 0.25) is 0 Å². The third kappa shape index (κ3) is 6.70. The fourth-order valence-corrected chi connectivity index (χ4v) is 8.44. The van der Waals surface area contributed by atoms with Crippen molar-refractivity contribution in [3.63, 3.8) is 0 Å². The molecule has 2 aromatic carbocycles. The molecule has 2 bridgehead atoms. The summed E-state index contributed by atoms with van der Waals surface area (Å²) in [7, 11) is -3.85. The summed E-state index contributed by atoms with van der Waals surface area (Å²) in [6.07, 6.45) is -7.84. The SMILES string of the molecule is CCCCS(=O)(=O)NC(=O)[C@@H]1CC2CC(C2(C)C)[C@]1(C)NC(=O)c1ccc2nc(-c3cc(C(F)(F)F)cc(C(F)(F)F)c3)ccc2c1. The monoisotopic (exact) mass is 683 g/mol. The lowest BCUT2D eigenvalue weighted by atomic mass is 9.40. The van der Waals surface area contributed by atoms with E-state index in [1.54, 1.807) is 6.92 Å². The highest BCUT2D eigenvalue weighted by Gasteiger charge is 2.65. The van der Waals surface area contributed by atoms with E-state index in [0.717, 1.165) is 6.42 Å². The predicted molar refractivity (Wildman–Crippen MR) is 163 cm³/mol. The van der Waals surface area contributed by atoms with Crippen molar-refractivity contribution in [2.75, 3.05) is 5.75 Å². The summed E-state index contributed by atoms with van der Waals surface area (Å²) >= 11 is 0. The molecule has 14 heteroatoms. The van der Waals surface area contributed by atoms with Crippen LogP contribution < -0.4 is 10.0 Å². The van der Waals surface area contributed by atoms with Gasteiger partial charge in [-0.05, 0) is 85.9 Å². The maximum Gasteiger partial charge on any atom is 0.416 e. The third-order valence-electron chi connectivity index (χ3n) is 10.00. The number of carbonyl (C=O) groups excluding carboxylic acids is 2. The second-order valence-electron chi connectivity index (χ2n) is 13.4. The zero-order valence-electron chi connectivity index (χ0n) is 26.1. The van der Waals surface area contributed by atoms with E-state index in [1.165, 1.54) is 30.3 Å². The molecule has 47 heavy (non-hydrogen) atoms. The molecule has 2 N–H and O–H groups in total. The number of hydrogen-bond donors (Lipinski definition) is 2. The number of hydrogen-bond acceptors (Lipinski definition) is 5. The van der Waals surface area contributed by atoms with Crippen LogP contribution in [0, 0.1) is 23.2 Å². The first kappa shape index (κ1) is 34.6. The molecule has 1 heterocycles. The quantitative estimate of drug-likeness (QED) is 0.242. The van der Waals surface area contributed by atoms with Crippen LogP contribution in [0.5, 0.6) is 0 Å². The average Bonchev–Trinajstić information content (AvgIpc) is 2.97. The van der Waals surface area contributed by atoms with E-state index in [9.17, 15) is 44.3 Å². The Kier molecular flexibility index (Phi) is 8.68. The lowest BCUT2D eigenvalue weighted by Gasteiger charge is -2.66.